The van der Waals surface area contributed by atoms with Gasteiger partial charge in [-0.1, -0.05) is 12.1 Å². The average Bonchev–Trinajstić information content (AvgIpc) is 3.19. The zero-order chi connectivity index (χ0) is 17.8. The first-order chi connectivity index (χ1) is 12.0. The fraction of sp³-hybridized carbons (Fsp3) is 0.263. The first-order valence-electron chi connectivity index (χ1n) is 8.05. The van der Waals surface area contributed by atoms with E-state index in [2.05, 4.69) is 10.4 Å². The molecule has 3 aromatic rings. The maximum Gasteiger partial charge on any atom is 0.261 e. The number of aryl methyl sites for hydroxylation is 2. The molecule has 0 spiro atoms. The molecule has 0 fully saturated rings. The van der Waals surface area contributed by atoms with E-state index >= 15 is 0 Å². The van der Waals surface area contributed by atoms with Gasteiger partial charge in [0.15, 0.2) is 0 Å². The van der Waals surface area contributed by atoms with Gasteiger partial charge in [-0.25, -0.2) is 0 Å². The van der Waals surface area contributed by atoms with Crippen molar-refractivity contribution in [3.63, 3.8) is 0 Å². The lowest BCUT2D eigenvalue weighted by molar-refractivity contribution is 0.0955. The molecule has 2 heterocycles. The Hall–Kier alpha value is -2.60. The second-order valence-corrected chi connectivity index (χ2v) is 6.90. The standard InChI is InChI=1S/C19H21N3O2S/c1-13-5-4-6-17(7-13)24-11-15-8-18(25-12-15)19(23)20-9-16-10-21-22(3)14(16)2/h4-8,10,12H,9,11H2,1-3H3,(H,20,23). The number of aromatic nitrogens is 2. The van der Waals surface area contributed by atoms with Gasteiger partial charge >= 0.3 is 0 Å². The second-order valence-electron chi connectivity index (χ2n) is 5.99. The number of hydrogen-bond acceptors (Lipinski definition) is 4. The van der Waals surface area contributed by atoms with Gasteiger partial charge in [-0.2, -0.15) is 5.10 Å². The summed E-state index contributed by atoms with van der Waals surface area (Å²) >= 11 is 1.43. The highest BCUT2D eigenvalue weighted by Gasteiger charge is 2.11. The van der Waals surface area contributed by atoms with Gasteiger partial charge in [0.1, 0.15) is 12.4 Å². The maximum absolute atomic E-state index is 12.3. The minimum atomic E-state index is -0.0740. The molecule has 1 aromatic carbocycles. The van der Waals surface area contributed by atoms with Gasteiger partial charge in [0.25, 0.3) is 5.91 Å². The number of amides is 1. The number of carbonyl (C=O) groups excluding carboxylic acids is 1. The molecule has 0 radical (unpaired) electrons. The fourth-order valence-corrected chi connectivity index (χ4v) is 3.24. The van der Waals surface area contributed by atoms with Crippen molar-refractivity contribution in [2.75, 3.05) is 0 Å². The van der Waals surface area contributed by atoms with Crippen molar-refractivity contribution in [1.29, 1.82) is 0 Å². The number of benzene rings is 1. The van der Waals surface area contributed by atoms with Gasteiger partial charge in [-0.15, -0.1) is 11.3 Å². The molecule has 0 unspecified atom stereocenters. The van der Waals surface area contributed by atoms with E-state index in [1.54, 1.807) is 10.9 Å². The van der Waals surface area contributed by atoms with Crippen LogP contribution in [-0.4, -0.2) is 15.7 Å². The predicted octanol–water partition coefficient (Wildman–Crippen LogP) is 3.61. The van der Waals surface area contributed by atoms with Crippen LogP contribution >= 0.6 is 11.3 Å². The van der Waals surface area contributed by atoms with Gasteiger partial charge in [0.05, 0.1) is 11.1 Å². The van der Waals surface area contributed by atoms with E-state index < -0.39 is 0 Å². The zero-order valence-electron chi connectivity index (χ0n) is 14.6. The van der Waals surface area contributed by atoms with Crippen LogP contribution in [0.2, 0.25) is 0 Å². The molecule has 0 saturated carbocycles. The van der Waals surface area contributed by atoms with E-state index in [-0.39, 0.29) is 5.91 Å². The fourth-order valence-electron chi connectivity index (χ4n) is 2.42. The Morgan fingerprint density at radius 3 is 2.88 bits per heavy atom. The highest BCUT2D eigenvalue weighted by Crippen LogP contribution is 2.19. The van der Waals surface area contributed by atoms with E-state index in [1.807, 2.05) is 56.6 Å². The normalized spacial score (nSPS) is 10.7. The topological polar surface area (TPSA) is 56.1 Å². The molecule has 130 valence electrons. The maximum atomic E-state index is 12.3. The summed E-state index contributed by atoms with van der Waals surface area (Å²) in [5.74, 6) is 0.763. The summed E-state index contributed by atoms with van der Waals surface area (Å²) in [7, 11) is 1.89. The number of hydrogen-bond donors (Lipinski definition) is 1. The second kappa shape index (κ2) is 7.53. The molecule has 6 heteroatoms. The van der Waals surface area contributed by atoms with Gasteiger partial charge in [0, 0.05) is 30.4 Å². The monoisotopic (exact) mass is 355 g/mol. The molecule has 3 rings (SSSR count). The molecule has 0 atom stereocenters. The van der Waals surface area contributed by atoms with Crippen molar-refractivity contribution in [3.8, 4) is 5.75 Å². The molecule has 5 nitrogen and oxygen atoms in total. The van der Waals surface area contributed by atoms with Crippen LogP contribution < -0.4 is 10.1 Å². The third-order valence-corrected chi connectivity index (χ3v) is 5.03. The van der Waals surface area contributed by atoms with Crippen molar-refractivity contribution in [3.05, 3.63) is 69.2 Å². The summed E-state index contributed by atoms with van der Waals surface area (Å²) < 4.78 is 7.58. The van der Waals surface area contributed by atoms with Crippen LogP contribution in [0.15, 0.2) is 41.9 Å². The summed E-state index contributed by atoms with van der Waals surface area (Å²) in [5.41, 5.74) is 4.23. The van der Waals surface area contributed by atoms with Crippen molar-refractivity contribution >= 4 is 17.2 Å². The number of nitrogens with one attached hydrogen (secondary N) is 1. The third kappa shape index (κ3) is 4.28. The molecule has 25 heavy (non-hydrogen) atoms. The zero-order valence-corrected chi connectivity index (χ0v) is 15.4. The van der Waals surface area contributed by atoms with Crippen LogP contribution in [0.4, 0.5) is 0 Å². The molecule has 0 bridgehead atoms. The van der Waals surface area contributed by atoms with Crippen molar-refractivity contribution < 1.29 is 9.53 Å². The Morgan fingerprint density at radius 2 is 2.16 bits per heavy atom. The quantitative estimate of drug-likeness (QED) is 0.735. The van der Waals surface area contributed by atoms with Crippen LogP contribution in [0.3, 0.4) is 0 Å². The molecule has 0 aliphatic rings. The summed E-state index contributed by atoms with van der Waals surface area (Å²) in [5, 5.41) is 9.08. The molecule has 0 aliphatic carbocycles. The number of carbonyl (C=O) groups is 1. The number of thiophene rings is 1. The smallest absolute Gasteiger partial charge is 0.261 e. The van der Waals surface area contributed by atoms with Crippen molar-refractivity contribution in [2.24, 2.45) is 7.05 Å². The minimum Gasteiger partial charge on any atom is -0.489 e. The Morgan fingerprint density at radius 1 is 1.32 bits per heavy atom. The highest BCUT2D eigenvalue weighted by molar-refractivity contribution is 7.12. The number of rotatable bonds is 6. The van der Waals surface area contributed by atoms with Gasteiger partial charge in [0.2, 0.25) is 0 Å². The van der Waals surface area contributed by atoms with E-state index in [4.69, 9.17) is 4.74 Å². The Balaban J connectivity index is 1.55. The summed E-state index contributed by atoms with van der Waals surface area (Å²) in [4.78, 5) is 13.0. The van der Waals surface area contributed by atoms with Crippen molar-refractivity contribution in [2.45, 2.75) is 27.0 Å². The van der Waals surface area contributed by atoms with Crippen LogP contribution in [-0.2, 0) is 20.2 Å². The molecule has 1 N–H and O–H groups in total. The van der Waals surface area contributed by atoms with E-state index in [0.29, 0.717) is 18.0 Å². The van der Waals surface area contributed by atoms with Crippen LogP contribution in [0.1, 0.15) is 32.1 Å². The Bertz CT molecular complexity index is 882. The lowest BCUT2D eigenvalue weighted by Gasteiger charge is -2.05. The van der Waals surface area contributed by atoms with Crippen molar-refractivity contribution in [1.82, 2.24) is 15.1 Å². The summed E-state index contributed by atoms with van der Waals surface area (Å²) in [6.07, 6.45) is 1.78. The average molecular weight is 355 g/mol. The largest absolute Gasteiger partial charge is 0.489 e. The molecule has 0 aliphatic heterocycles. The van der Waals surface area contributed by atoms with E-state index in [9.17, 15) is 4.79 Å². The summed E-state index contributed by atoms with van der Waals surface area (Å²) in [6, 6.07) is 9.81. The van der Waals surface area contributed by atoms with E-state index in [0.717, 1.165) is 28.1 Å². The Kier molecular flexibility index (Phi) is 5.19. The van der Waals surface area contributed by atoms with Gasteiger partial charge < -0.3 is 10.1 Å². The lowest BCUT2D eigenvalue weighted by Crippen LogP contribution is -2.22. The molecular formula is C19H21N3O2S. The molecule has 2 aromatic heterocycles. The highest BCUT2D eigenvalue weighted by atomic mass is 32.1. The van der Waals surface area contributed by atoms with Crippen LogP contribution in [0.5, 0.6) is 5.75 Å². The number of ether oxygens (including phenoxy) is 1. The third-order valence-electron chi connectivity index (χ3n) is 4.05. The van der Waals surface area contributed by atoms with Gasteiger partial charge in [-0.05, 0) is 43.0 Å². The molecule has 0 saturated heterocycles. The first kappa shape index (κ1) is 17.2. The Labute approximate surface area is 151 Å². The first-order valence-corrected chi connectivity index (χ1v) is 8.93. The molecule has 1 amide bonds. The predicted molar refractivity (Wildman–Crippen MR) is 98.9 cm³/mol. The van der Waals surface area contributed by atoms with Crippen LogP contribution in [0.25, 0.3) is 0 Å². The van der Waals surface area contributed by atoms with Gasteiger partial charge in [-0.3, -0.25) is 9.48 Å². The minimum absolute atomic E-state index is 0.0740. The van der Waals surface area contributed by atoms with E-state index in [1.165, 1.54) is 11.3 Å². The number of nitrogens with zero attached hydrogens (tertiary/aromatic N) is 2. The molecular weight excluding hydrogens is 334 g/mol. The summed E-state index contributed by atoms with van der Waals surface area (Å²) in [6.45, 7) is 4.95. The lowest BCUT2D eigenvalue weighted by atomic mass is 10.2. The SMILES string of the molecule is Cc1cccc(OCc2csc(C(=O)NCc3cnn(C)c3C)c2)c1. The van der Waals surface area contributed by atoms with Crippen LogP contribution in [0, 0.1) is 13.8 Å².